The van der Waals surface area contributed by atoms with Gasteiger partial charge in [0.05, 0.1) is 0 Å². The minimum atomic E-state index is 0.00694. The number of carbonyl (C=O) groups excluding carboxylic acids is 1. The third-order valence-electron chi connectivity index (χ3n) is 0.371. The molecule has 0 saturated heterocycles. The molecule has 0 aliphatic rings. The summed E-state index contributed by atoms with van der Waals surface area (Å²) in [4.78, 5) is 10.2. The van der Waals surface area contributed by atoms with E-state index >= 15 is 0 Å². The van der Waals surface area contributed by atoms with E-state index < -0.39 is 0 Å². The third kappa shape index (κ3) is 4.01. The third-order valence-corrected chi connectivity index (χ3v) is 1.36. The van der Waals surface area contributed by atoms with Crippen LogP contribution in [0.3, 0.4) is 0 Å². The average Bonchev–Trinajstić information content (AvgIpc) is 1.68. The predicted molar refractivity (Wildman–Crippen MR) is 35.6 cm³/mol. The first-order valence-electron chi connectivity index (χ1n) is 1.68. The van der Waals surface area contributed by atoms with E-state index in [1.165, 1.54) is 23.7 Å². The lowest BCUT2D eigenvalue weighted by atomic mass is 11.4. The number of hydrogen-bond donors (Lipinski definition) is 1. The highest BCUT2D eigenvalue weighted by atomic mass is 32.2. The molecule has 0 atom stereocenters. The molecule has 4 heteroatoms. The fourth-order valence-electron chi connectivity index (χ4n) is 0.125. The van der Waals surface area contributed by atoms with Crippen LogP contribution in [0.1, 0.15) is 0 Å². The van der Waals surface area contributed by atoms with Gasteiger partial charge in [-0.3, -0.25) is 9.52 Å². The van der Waals surface area contributed by atoms with Crippen molar-refractivity contribution in [2.45, 2.75) is 0 Å². The summed E-state index contributed by atoms with van der Waals surface area (Å²) in [5.41, 5.74) is 0. The van der Waals surface area contributed by atoms with Crippen LogP contribution in [0.5, 0.6) is 0 Å². The summed E-state index contributed by atoms with van der Waals surface area (Å²) in [6, 6.07) is 0. The van der Waals surface area contributed by atoms with Crippen LogP contribution in [0.15, 0.2) is 0 Å². The molecule has 1 amide bonds. The molecule has 0 aliphatic carbocycles. The smallest absolute Gasteiger partial charge is 0.288 e. The molecular formula is C3H7NOS2. The topological polar surface area (TPSA) is 29.1 Å². The highest BCUT2D eigenvalue weighted by Gasteiger charge is 1.90. The zero-order valence-corrected chi connectivity index (χ0v) is 5.86. The van der Waals surface area contributed by atoms with E-state index in [2.05, 4.69) is 4.72 Å². The van der Waals surface area contributed by atoms with E-state index in [0.717, 1.165) is 0 Å². The van der Waals surface area contributed by atoms with E-state index in [0.29, 0.717) is 0 Å². The second-order valence-electron chi connectivity index (χ2n) is 0.798. The summed E-state index contributed by atoms with van der Waals surface area (Å²) < 4.78 is 2.54. The van der Waals surface area contributed by atoms with Crippen molar-refractivity contribution in [2.24, 2.45) is 0 Å². The zero-order valence-electron chi connectivity index (χ0n) is 4.22. The van der Waals surface area contributed by atoms with Crippen molar-refractivity contribution < 1.29 is 4.79 Å². The molecular weight excluding hydrogens is 130 g/mol. The number of hydrogen-bond acceptors (Lipinski definition) is 3. The van der Waals surface area contributed by atoms with Crippen LogP contribution < -0.4 is 4.72 Å². The van der Waals surface area contributed by atoms with Crippen molar-refractivity contribution in [3.8, 4) is 0 Å². The van der Waals surface area contributed by atoms with Gasteiger partial charge < -0.3 is 0 Å². The maximum Gasteiger partial charge on any atom is 0.288 e. The SMILES string of the molecule is CSNC(=O)SC. The molecule has 0 spiro atoms. The average molecular weight is 137 g/mol. The molecule has 1 N–H and O–H groups in total. The van der Waals surface area contributed by atoms with Gasteiger partial charge in [0.1, 0.15) is 0 Å². The Labute approximate surface area is 51.6 Å². The Kier molecular flexibility index (Phi) is 4.44. The van der Waals surface area contributed by atoms with Crippen molar-refractivity contribution in [3.05, 3.63) is 0 Å². The van der Waals surface area contributed by atoms with Crippen LogP contribution in [0.25, 0.3) is 0 Å². The van der Waals surface area contributed by atoms with Crippen LogP contribution >= 0.6 is 23.7 Å². The Morgan fingerprint density at radius 3 is 2.29 bits per heavy atom. The lowest BCUT2D eigenvalue weighted by Crippen LogP contribution is -2.06. The van der Waals surface area contributed by atoms with Crippen LogP contribution in [0.4, 0.5) is 4.79 Å². The van der Waals surface area contributed by atoms with Crippen molar-refractivity contribution >= 4 is 28.9 Å². The second kappa shape index (κ2) is 4.33. The monoisotopic (exact) mass is 137 g/mol. The summed E-state index contributed by atoms with van der Waals surface area (Å²) in [5.74, 6) is 0. The van der Waals surface area contributed by atoms with Crippen LogP contribution in [0, 0.1) is 0 Å². The Morgan fingerprint density at radius 2 is 2.14 bits per heavy atom. The van der Waals surface area contributed by atoms with Gasteiger partial charge in [0, 0.05) is 6.26 Å². The first-order chi connectivity index (χ1) is 3.31. The van der Waals surface area contributed by atoms with Gasteiger partial charge in [0.25, 0.3) is 5.24 Å². The molecule has 7 heavy (non-hydrogen) atoms. The number of amides is 1. The van der Waals surface area contributed by atoms with E-state index in [1.54, 1.807) is 6.26 Å². The summed E-state index contributed by atoms with van der Waals surface area (Å²) >= 11 is 2.49. The highest BCUT2D eigenvalue weighted by Crippen LogP contribution is 1.95. The molecule has 42 valence electrons. The molecule has 0 unspecified atom stereocenters. The zero-order chi connectivity index (χ0) is 5.70. The van der Waals surface area contributed by atoms with E-state index in [1.807, 2.05) is 6.26 Å². The van der Waals surface area contributed by atoms with Crippen LogP contribution in [0.2, 0.25) is 0 Å². The van der Waals surface area contributed by atoms with Crippen molar-refractivity contribution in [2.75, 3.05) is 12.5 Å². The second-order valence-corrected chi connectivity index (χ2v) is 2.19. The van der Waals surface area contributed by atoms with Crippen LogP contribution in [-0.2, 0) is 0 Å². The van der Waals surface area contributed by atoms with Crippen molar-refractivity contribution in [1.29, 1.82) is 0 Å². The van der Waals surface area contributed by atoms with Gasteiger partial charge in [0.15, 0.2) is 0 Å². The van der Waals surface area contributed by atoms with Crippen molar-refractivity contribution in [3.63, 3.8) is 0 Å². The van der Waals surface area contributed by atoms with Gasteiger partial charge in [-0.05, 0) is 6.26 Å². The quantitative estimate of drug-likeness (QED) is 0.553. The summed E-state index contributed by atoms with van der Waals surface area (Å²) in [6.07, 6.45) is 3.56. The predicted octanol–water partition coefficient (Wildman–Crippen LogP) is 1.34. The lowest BCUT2D eigenvalue weighted by molar-refractivity contribution is 0.265. The lowest BCUT2D eigenvalue weighted by Gasteiger charge is -1.91. The molecule has 0 aromatic carbocycles. The largest absolute Gasteiger partial charge is 0.291 e. The molecule has 0 bridgehead atoms. The van der Waals surface area contributed by atoms with Gasteiger partial charge in [0.2, 0.25) is 0 Å². The maximum absolute atomic E-state index is 10.2. The molecule has 0 saturated carbocycles. The molecule has 0 aromatic heterocycles. The molecule has 0 aromatic rings. The van der Waals surface area contributed by atoms with E-state index in [-0.39, 0.29) is 5.24 Å². The molecule has 0 aliphatic heterocycles. The summed E-state index contributed by atoms with van der Waals surface area (Å²) in [7, 11) is 0. The first kappa shape index (κ1) is 7.17. The number of carbonyl (C=O) groups is 1. The number of nitrogens with one attached hydrogen (secondary N) is 1. The molecule has 0 heterocycles. The summed E-state index contributed by atoms with van der Waals surface area (Å²) in [6.45, 7) is 0. The van der Waals surface area contributed by atoms with Gasteiger partial charge in [-0.1, -0.05) is 23.7 Å². The Bertz CT molecular complexity index is 66.0. The minimum Gasteiger partial charge on any atom is -0.291 e. The molecule has 0 radical (unpaired) electrons. The van der Waals surface area contributed by atoms with Gasteiger partial charge in [-0.15, -0.1) is 0 Å². The van der Waals surface area contributed by atoms with Gasteiger partial charge >= 0.3 is 0 Å². The molecule has 2 nitrogen and oxygen atoms in total. The summed E-state index contributed by atoms with van der Waals surface area (Å²) in [5, 5.41) is 0.00694. The van der Waals surface area contributed by atoms with E-state index in [4.69, 9.17) is 0 Å². The first-order valence-corrected chi connectivity index (χ1v) is 4.13. The molecule has 0 fully saturated rings. The Balaban J connectivity index is 3.00. The fraction of sp³-hybridized carbons (Fsp3) is 0.667. The number of thioether (sulfide) groups is 1. The van der Waals surface area contributed by atoms with E-state index in [9.17, 15) is 4.79 Å². The van der Waals surface area contributed by atoms with Crippen molar-refractivity contribution in [1.82, 2.24) is 4.72 Å². The molecule has 0 rings (SSSR count). The van der Waals surface area contributed by atoms with Crippen LogP contribution in [-0.4, -0.2) is 17.8 Å². The Hall–Kier alpha value is 0.170. The highest BCUT2D eigenvalue weighted by molar-refractivity contribution is 8.14. The van der Waals surface area contributed by atoms with Gasteiger partial charge in [-0.2, -0.15) is 0 Å². The number of rotatable bonds is 1. The minimum absolute atomic E-state index is 0.00694. The fourth-order valence-corrected chi connectivity index (χ4v) is 0.875. The normalized spacial score (nSPS) is 8.29. The Morgan fingerprint density at radius 1 is 1.57 bits per heavy atom. The standard InChI is InChI=1S/C3H7NOS2/c1-6-3(5)4-7-2/h1-2H3,(H,4,5). The van der Waals surface area contributed by atoms with Gasteiger partial charge in [-0.25, -0.2) is 0 Å². The maximum atomic E-state index is 10.2.